The third-order valence-corrected chi connectivity index (χ3v) is 4.84. The molecule has 5 rings (SSSR count). The molecule has 0 unspecified atom stereocenters. The molecular formula is C24H17FN2O4. The summed E-state index contributed by atoms with van der Waals surface area (Å²) >= 11 is 0. The van der Waals surface area contributed by atoms with Crippen LogP contribution in [-0.2, 0) is 0 Å². The standard InChI is InChI=1S/C24H17FN2O4/c25-16-7-5-15(6-8-16)22-14-26-24(31-22)19-4-2-1-3-18(19)23(28)27-17-9-10-20-21(13-17)30-12-11-29-20/h1-10,13-14H,11-12H2,(H,27,28). The smallest absolute Gasteiger partial charge is 0.256 e. The Balaban J connectivity index is 1.42. The molecule has 0 atom stereocenters. The Hall–Kier alpha value is -4.13. The summed E-state index contributed by atoms with van der Waals surface area (Å²) in [6.07, 6.45) is 1.55. The molecule has 7 heteroatoms. The van der Waals surface area contributed by atoms with Crippen LogP contribution in [0, 0.1) is 5.82 Å². The predicted octanol–water partition coefficient (Wildman–Crippen LogP) is 5.17. The Morgan fingerprint density at radius 1 is 0.935 bits per heavy atom. The summed E-state index contributed by atoms with van der Waals surface area (Å²) in [7, 11) is 0. The van der Waals surface area contributed by atoms with Gasteiger partial charge in [0.25, 0.3) is 5.91 Å². The molecule has 0 radical (unpaired) electrons. The fourth-order valence-corrected chi connectivity index (χ4v) is 3.33. The van der Waals surface area contributed by atoms with Crippen molar-refractivity contribution >= 4 is 11.6 Å². The lowest BCUT2D eigenvalue weighted by Gasteiger charge is -2.19. The van der Waals surface area contributed by atoms with Crippen LogP contribution in [0.15, 0.2) is 77.3 Å². The lowest BCUT2D eigenvalue weighted by atomic mass is 10.1. The number of benzene rings is 3. The molecule has 6 nitrogen and oxygen atoms in total. The molecule has 1 aliphatic rings. The van der Waals surface area contributed by atoms with Gasteiger partial charge in [-0.25, -0.2) is 9.37 Å². The predicted molar refractivity (Wildman–Crippen MR) is 113 cm³/mol. The molecule has 31 heavy (non-hydrogen) atoms. The Morgan fingerprint density at radius 3 is 2.55 bits per heavy atom. The van der Waals surface area contributed by atoms with E-state index < -0.39 is 0 Å². The van der Waals surface area contributed by atoms with Gasteiger partial charge in [-0.15, -0.1) is 0 Å². The number of amides is 1. The van der Waals surface area contributed by atoms with E-state index >= 15 is 0 Å². The first-order valence-corrected chi connectivity index (χ1v) is 9.69. The maximum absolute atomic E-state index is 13.2. The highest BCUT2D eigenvalue weighted by Gasteiger charge is 2.18. The molecule has 0 bridgehead atoms. The number of nitrogens with one attached hydrogen (secondary N) is 1. The number of aromatic nitrogens is 1. The number of ether oxygens (including phenoxy) is 2. The number of rotatable bonds is 4. The van der Waals surface area contributed by atoms with Gasteiger partial charge < -0.3 is 19.2 Å². The summed E-state index contributed by atoms with van der Waals surface area (Å²) in [5.74, 6) is 1.38. The van der Waals surface area contributed by atoms with Crippen LogP contribution in [0.1, 0.15) is 10.4 Å². The molecule has 0 saturated carbocycles. The number of carbonyl (C=O) groups is 1. The molecular weight excluding hydrogens is 399 g/mol. The Kier molecular flexibility index (Phi) is 4.84. The zero-order chi connectivity index (χ0) is 21.2. The van der Waals surface area contributed by atoms with Gasteiger partial charge in [-0.05, 0) is 48.5 Å². The monoisotopic (exact) mass is 416 g/mol. The van der Waals surface area contributed by atoms with Gasteiger partial charge in [-0.2, -0.15) is 0 Å². The van der Waals surface area contributed by atoms with Crippen molar-refractivity contribution in [3.05, 3.63) is 84.3 Å². The van der Waals surface area contributed by atoms with E-state index in [1.807, 2.05) is 0 Å². The Morgan fingerprint density at radius 2 is 1.71 bits per heavy atom. The van der Waals surface area contributed by atoms with E-state index in [0.717, 1.165) is 0 Å². The summed E-state index contributed by atoms with van der Waals surface area (Å²) in [6, 6.07) is 18.2. The highest BCUT2D eigenvalue weighted by molar-refractivity contribution is 6.08. The minimum atomic E-state index is -0.329. The third-order valence-electron chi connectivity index (χ3n) is 4.84. The van der Waals surface area contributed by atoms with Gasteiger partial charge in [-0.1, -0.05) is 12.1 Å². The molecule has 0 spiro atoms. The number of anilines is 1. The van der Waals surface area contributed by atoms with E-state index in [-0.39, 0.29) is 11.7 Å². The molecule has 1 N–H and O–H groups in total. The van der Waals surface area contributed by atoms with Crippen LogP contribution in [0.5, 0.6) is 11.5 Å². The van der Waals surface area contributed by atoms with Crippen LogP contribution < -0.4 is 14.8 Å². The van der Waals surface area contributed by atoms with Crippen LogP contribution in [0.3, 0.4) is 0 Å². The van der Waals surface area contributed by atoms with Crippen molar-refractivity contribution < 1.29 is 23.1 Å². The quantitative estimate of drug-likeness (QED) is 0.497. The molecule has 0 aliphatic carbocycles. The lowest BCUT2D eigenvalue weighted by Crippen LogP contribution is -2.16. The first kappa shape index (κ1) is 18.9. The Labute approximate surface area is 177 Å². The number of nitrogens with zero attached hydrogens (tertiary/aromatic N) is 1. The van der Waals surface area contributed by atoms with Crippen LogP contribution in [0.2, 0.25) is 0 Å². The SMILES string of the molecule is O=C(Nc1ccc2c(c1)OCCO2)c1ccccc1-c1ncc(-c2ccc(F)cc2)o1. The van der Waals surface area contributed by atoms with Crippen LogP contribution >= 0.6 is 0 Å². The second-order valence-electron chi connectivity index (χ2n) is 6.89. The molecule has 3 aromatic carbocycles. The van der Waals surface area contributed by atoms with Gasteiger partial charge in [0, 0.05) is 22.9 Å². The maximum atomic E-state index is 13.2. The first-order chi connectivity index (χ1) is 15.2. The van der Waals surface area contributed by atoms with Gasteiger partial charge in [-0.3, -0.25) is 4.79 Å². The topological polar surface area (TPSA) is 73.6 Å². The van der Waals surface area contributed by atoms with E-state index in [1.165, 1.54) is 12.1 Å². The average molecular weight is 416 g/mol. The number of halogens is 1. The van der Waals surface area contributed by atoms with E-state index in [9.17, 15) is 9.18 Å². The molecule has 2 heterocycles. The summed E-state index contributed by atoms with van der Waals surface area (Å²) in [6.45, 7) is 0.968. The lowest BCUT2D eigenvalue weighted by molar-refractivity contribution is 0.102. The van der Waals surface area contributed by atoms with Gasteiger partial charge >= 0.3 is 0 Å². The average Bonchev–Trinajstić information content (AvgIpc) is 3.29. The minimum Gasteiger partial charge on any atom is -0.486 e. The first-order valence-electron chi connectivity index (χ1n) is 9.69. The van der Waals surface area contributed by atoms with E-state index in [1.54, 1.807) is 60.8 Å². The fourth-order valence-electron chi connectivity index (χ4n) is 3.33. The number of hydrogen-bond acceptors (Lipinski definition) is 5. The van der Waals surface area contributed by atoms with Crippen molar-refractivity contribution in [1.29, 1.82) is 0 Å². The van der Waals surface area contributed by atoms with Crippen molar-refractivity contribution in [1.82, 2.24) is 4.98 Å². The fraction of sp³-hybridized carbons (Fsp3) is 0.0833. The van der Waals surface area contributed by atoms with Crippen molar-refractivity contribution in [2.45, 2.75) is 0 Å². The molecule has 1 amide bonds. The molecule has 1 aromatic heterocycles. The summed E-state index contributed by atoms with van der Waals surface area (Å²) in [5.41, 5.74) is 2.23. The second-order valence-corrected chi connectivity index (χ2v) is 6.89. The molecule has 154 valence electrons. The van der Waals surface area contributed by atoms with E-state index in [0.29, 0.717) is 58.7 Å². The molecule has 4 aromatic rings. The van der Waals surface area contributed by atoms with Crippen LogP contribution in [0.4, 0.5) is 10.1 Å². The number of carbonyl (C=O) groups excluding carboxylic acids is 1. The Bertz CT molecular complexity index is 1250. The molecule has 1 aliphatic heterocycles. The van der Waals surface area contributed by atoms with Gasteiger partial charge in [0.1, 0.15) is 19.0 Å². The number of fused-ring (bicyclic) bond motifs is 1. The van der Waals surface area contributed by atoms with Crippen LogP contribution in [-0.4, -0.2) is 24.1 Å². The second kappa shape index (κ2) is 7.95. The third kappa shape index (κ3) is 3.85. The highest BCUT2D eigenvalue weighted by Crippen LogP contribution is 2.33. The summed E-state index contributed by atoms with van der Waals surface area (Å²) in [5, 5.41) is 2.88. The summed E-state index contributed by atoms with van der Waals surface area (Å²) in [4.78, 5) is 17.3. The van der Waals surface area contributed by atoms with Crippen LogP contribution in [0.25, 0.3) is 22.8 Å². The van der Waals surface area contributed by atoms with Crippen molar-refractivity contribution in [2.24, 2.45) is 0 Å². The van der Waals surface area contributed by atoms with E-state index in [2.05, 4.69) is 10.3 Å². The normalized spacial score (nSPS) is 12.4. The van der Waals surface area contributed by atoms with Gasteiger partial charge in [0.05, 0.1) is 11.8 Å². The number of oxazole rings is 1. The zero-order valence-corrected chi connectivity index (χ0v) is 16.3. The highest BCUT2D eigenvalue weighted by atomic mass is 19.1. The minimum absolute atomic E-state index is 0.298. The maximum Gasteiger partial charge on any atom is 0.256 e. The van der Waals surface area contributed by atoms with Crippen molar-refractivity contribution in [2.75, 3.05) is 18.5 Å². The van der Waals surface area contributed by atoms with E-state index in [4.69, 9.17) is 13.9 Å². The van der Waals surface area contributed by atoms with Crippen molar-refractivity contribution in [3.63, 3.8) is 0 Å². The van der Waals surface area contributed by atoms with Gasteiger partial charge in [0.15, 0.2) is 17.3 Å². The summed E-state index contributed by atoms with van der Waals surface area (Å²) < 4.78 is 30.1. The largest absolute Gasteiger partial charge is 0.486 e. The molecule has 0 fully saturated rings. The number of hydrogen-bond donors (Lipinski definition) is 1. The zero-order valence-electron chi connectivity index (χ0n) is 16.3. The molecule has 0 saturated heterocycles. The van der Waals surface area contributed by atoms with Gasteiger partial charge in [0.2, 0.25) is 5.89 Å². The van der Waals surface area contributed by atoms with Crippen molar-refractivity contribution in [3.8, 4) is 34.3 Å².